The lowest BCUT2D eigenvalue weighted by atomic mass is 9.33. The molecule has 0 spiro atoms. The summed E-state index contributed by atoms with van der Waals surface area (Å²) in [5.74, 6) is -0.455. The molecule has 0 N–H and O–H groups in total. The molecule has 6 aliphatic rings. The number of ether oxygens (including phenoxy) is 2. The summed E-state index contributed by atoms with van der Waals surface area (Å²) < 4.78 is 11.5. The van der Waals surface area contributed by atoms with Gasteiger partial charge in [-0.1, -0.05) is 54.0 Å². The highest BCUT2D eigenvalue weighted by molar-refractivity contribution is 6.00. The van der Waals surface area contributed by atoms with Gasteiger partial charge in [-0.25, -0.2) is 6.57 Å². The van der Waals surface area contributed by atoms with Crippen molar-refractivity contribution in [3.8, 4) is 0 Å². The summed E-state index contributed by atoms with van der Waals surface area (Å²) in [6.45, 7) is 23.2. The quantitative estimate of drug-likeness (QED) is 0.242. The number of nitrogens with zero attached hydrogens (tertiary/aromatic N) is 1. The van der Waals surface area contributed by atoms with Crippen molar-refractivity contribution < 1.29 is 23.9 Å². The second-order valence-electron chi connectivity index (χ2n) is 15.5. The molecule has 0 aromatic heterocycles. The van der Waals surface area contributed by atoms with Crippen molar-refractivity contribution in [1.82, 2.24) is 0 Å². The molecule has 0 bridgehead atoms. The number of hydrogen-bond donors (Lipinski definition) is 0. The molecule has 0 aromatic rings. The third-order valence-corrected chi connectivity index (χ3v) is 13.3. The number of carbonyl (C=O) groups excluding carboxylic acids is 3. The fourth-order valence-corrected chi connectivity index (χ4v) is 11.0. The van der Waals surface area contributed by atoms with Crippen molar-refractivity contribution >= 4 is 17.5 Å². The number of esters is 1. The van der Waals surface area contributed by atoms with Crippen molar-refractivity contribution in [2.24, 2.45) is 50.2 Å². The molecule has 1 heterocycles. The van der Waals surface area contributed by atoms with Gasteiger partial charge < -0.3 is 4.74 Å². The van der Waals surface area contributed by atoms with Crippen molar-refractivity contribution in [3.05, 3.63) is 23.1 Å². The number of ketones is 2. The first-order valence-electron chi connectivity index (χ1n) is 14.5. The van der Waals surface area contributed by atoms with Crippen LogP contribution in [-0.2, 0) is 23.9 Å². The van der Waals surface area contributed by atoms with E-state index in [1.165, 1.54) is 7.11 Å². The molecule has 1 aliphatic heterocycles. The standard InChI is InChI=1S/C32H43NO5/c1-26(2)12-14-31(25(36)37-9)15-13-29(6)22(18(31)17-26)19(34)16-21-28(29,5)11-10-20-27(3,4)23(35)32(33-8)24(38-32)30(20,21)7/h16,18,20,22,24H,10-15,17H2,1-7,9H3/t18-,20-,22-,24-,28+,29+,30-,31-,32+/m0/s1. The molecular formula is C32H43NO5. The molecule has 9 atom stereocenters. The van der Waals surface area contributed by atoms with E-state index in [0.717, 1.165) is 50.5 Å². The van der Waals surface area contributed by atoms with Gasteiger partial charge in [0.2, 0.25) is 0 Å². The van der Waals surface area contributed by atoms with Crippen LogP contribution in [0.4, 0.5) is 0 Å². The molecule has 1 saturated heterocycles. The summed E-state index contributed by atoms with van der Waals surface area (Å²) in [6, 6.07) is 0. The van der Waals surface area contributed by atoms with Crippen LogP contribution in [0.25, 0.3) is 4.85 Å². The average molecular weight is 522 g/mol. The molecule has 6 nitrogen and oxygen atoms in total. The van der Waals surface area contributed by atoms with E-state index in [1.807, 2.05) is 19.9 Å². The third-order valence-electron chi connectivity index (χ3n) is 13.3. The number of methoxy groups -OCH3 is 1. The molecular weight excluding hydrogens is 478 g/mol. The number of carbonyl (C=O) groups is 3. The first kappa shape index (κ1) is 26.2. The van der Waals surface area contributed by atoms with Gasteiger partial charge in [-0.2, -0.15) is 0 Å². The topological polar surface area (TPSA) is 77.3 Å². The van der Waals surface area contributed by atoms with Crippen LogP contribution in [0.5, 0.6) is 0 Å². The number of hydrogen-bond acceptors (Lipinski definition) is 5. The Kier molecular flexibility index (Phi) is 4.97. The van der Waals surface area contributed by atoms with E-state index < -0.39 is 28.1 Å². The second kappa shape index (κ2) is 7.19. The maximum absolute atomic E-state index is 14.5. The zero-order chi connectivity index (χ0) is 27.9. The normalized spacial score (nSPS) is 51.6. The van der Waals surface area contributed by atoms with Gasteiger partial charge in [-0.3, -0.25) is 24.0 Å². The van der Waals surface area contributed by atoms with Crippen molar-refractivity contribution in [2.45, 2.75) is 105 Å². The van der Waals surface area contributed by atoms with Crippen LogP contribution < -0.4 is 0 Å². The van der Waals surface area contributed by atoms with Crippen LogP contribution in [0, 0.1) is 56.8 Å². The number of Topliss-reactive ketones (excluding diaryl/α,β-unsaturated/α-hetero) is 1. The first-order valence-corrected chi connectivity index (χ1v) is 14.5. The molecule has 0 unspecified atom stereocenters. The highest BCUT2D eigenvalue weighted by Gasteiger charge is 2.87. The molecule has 5 aliphatic carbocycles. The Morgan fingerprint density at radius 2 is 1.68 bits per heavy atom. The average Bonchev–Trinajstić information content (AvgIpc) is 3.61. The third kappa shape index (κ3) is 2.66. The van der Waals surface area contributed by atoms with Gasteiger partial charge in [0.25, 0.3) is 5.78 Å². The second-order valence-corrected chi connectivity index (χ2v) is 15.5. The van der Waals surface area contributed by atoms with Crippen LogP contribution in [0.15, 0.2) is 11.6 Å². The van der Waals surface area contributed by atoms with E-state index in [1.54, 1.807) is 0 Å². The van der Waals surface area contributed by atoms with Gasteiger partial charge in [0.05, 0.1) is 12.5 Å². The summed E-state index contributed by atoms with van der Waals surface area (Å²) in [5, 5.41) is 0. The number of rotatable bonds is 1. The van der Waals surface area contributed by atoms with E-state index >= 15 is 0 Å². The minimum Gasteiger partial charge on any atom is -0.469 e. The lowest BCUT2D eigenvalue weighted by Gasteiger charge is -2.68. The highest BCUT2D eigenvalue weighted by Crippen LogP contribution is 2.78. The van der Waals surface area contributed by atoms with Gasteiger partial charge in [-0.05, 0) is 79.1 Å². The predicted molar refractivity (Wildman–Crippen MR) is 141 cm³/mol. The Hall–Kier alpha value is -2.00. The molecule has 206 valence electrons. The van der Waals surface area contributed by atoms with Crippen molar-refractivity contribution in [3.63, 3.8) is 0 Å². The molecule has 0 amide bonds. The summed E-state index contributed by atoms with van der Waals surface area (Å²) in [4.78, 5) is 45.2. The zero-order valence-electron chi connectivity index (χ0n) is 24.3. The Labute approximate surface area is 227 Å². The molecule has 0 aromatic carbocycles. The fraction of sp³-hybridized carbons (Fsp3) is 0.812. The van der Waals surface area contributed by atoms with Crippen LogP contribution >= 0.6 is 0 Å². The first-order chi connectivity index (χ1) is 17.5. The largest absolute Gasteiger partial charge is 0.469 e. The number of allylic oxidation sites excluding steroid dienone is 1. The van der Waals surface area contributed by atoms with Crippen LogP contribution in [-0.4, -0.2) is 36.5 Å². The fourth-order valence-electron chi connectivity index (χ4n) is 11.0. The van der Waals surface area contributed by atoms with E-state index in [9.17, 15) is 14.4 Å². The van der Waals surface area contributed by atoms with Crippen LogP contribution in [0.1, 0.15) is 93.4 Å². The summed E-state index contributed by atoms with van der Waals surface area (Å²) >= 11 is 0. The van der Waals surface area contributed by atoms with E-state index in [0.29, 0.717) is 0 Å². The maximum atomic E-state index is 14.5. The Morgan fingerprint density at radius 1 is 1.03 bits per heavy atom. The van der Waals surface area contributed by atoms with Crippen LogP contribution in [0.3, 0.4) is 0 Å². The van der Waals surface area contributed by atoms with Gasteiger partial charge in [0.15, 0.2) is 11.9 Å². The van der Waals surface area contributed by atoms with E-state index in [-0.39, 0.29) is 51.5 Å². The zero-order valence-corrected chi connectivity index (χ0v) is 24.3. The van der Waals surface area contributed by atoms with Gasteiger partial charge in [0, 0.05) is 16.7 Å². The van der Waals surface area contributed by atoms with Gasteiger partial charge in [0.1, 0.15) is 0 Å². The monoisotopic (exact) mass is 521 g/mol. The smallest absolute Gasteiger partial charge is 0.424 e. The minimum absolute atomic E-state index is 0.00325. The molecule has 5 fully saturated rings. The lowest BCUT2D eigenvalue weighted by molar-refractivity contribution is -0.192. The molecule has 4 saturated carbocycles. The molecule has 38 heavy (non-hydrogen) atoms. The van der Waals surface area contributed by atoms with Gasteiger partial charge in [-0.15, -0.1) is 0 Å². The van der Waals surface area contributed by atoms with Crippen molar-refractivity contribution in [1.29, 1.82) is 0 Å². The van der Waals surface area contributed by atoms with E-state index in [4.69, 9.17) is 16.0 Å². The molecule has 0 radical (unpaired) electrons. The van der Waals surface area contributed by atoms with Gasteiger partial charge >= 0.3 is 11.7 Å². The minimum atomic E-state index is -1.42. The Balaban J connectivity index is 1.52. The summed E-state index contributed by atoms with van der Waals surface area (Å²) in [6.07, 6.45) is 7.20. The molecule has 6 heteroatoms. The van der Waals surface area contributed by atoms with E-state index in [2.05, 4.69) is 39.5 Å². The number of fused-ring (bicyclic) bond motifs is 9. The summed E-state index contributed by atoms with van der Waals surface area (Å²) in [7, 11) is 1.48. The molecule has 6 rings (SSSR count). The highest BCUT2D eigenvalue weighted by atomic mass is 16.6. The van der Waals surface area contributed by atoms with Crippen LogP contribution in [0.2, 0.25) is 0 Å². The summed E-state index contributed by atoms with van der Waals surface area (Å²) in [5.41, 5.74) is -2.80. The lowest BCUT2D eigenvalue weighted by Crippen LogP contribution is -2.67. The SMILES string of the molecule is [C-]#[N+][C@]12O[C@H]1[C@]1(C)C3=CC(=O)[C@@H]4[C@@H]5CC(C)(C)CC[C@]5(C(=O)OC)CC[C@@]4(C)[C@]3(C)CC[C@H]1C(C)(C)C2=O. The Bertz CT molecular complexity index is 1240. The van der Waals surface area contributed by atoms with Crippen molar-refractivity contribution in [2.75, 3.05) is 7.11 Å². The Morgan fingerprint density at radius 3 is 2.32 bits per heavy atom. The number of epoxide rings is 1. The maximum Gasteiger partial charge on any atom is 0.424 e. The predicted octanol–water partition coefficient (Wildman–Crippen LogP) is 5.94.